The van der Waals surface area contributed by atoms with Gasteiger partial charge in [-0.25, -0.2) is 4.98 Å². The molecule has 0 spiro atoms. The number of benzene rings is 1. The second kappa shape index (κ2) is 10.1. The van der Waals surface area contributed by atoms with Crippen LogP contribution in [0.2, 0.25) is 0 Å². The second-order valence-electron chi connectivity index (χ2n) is 8.68. The number of aromatic nitrogens is 2. The Hall–Kier alpha value is -2.67. The summed E-state index contributed by atoms with van der Waals surface area (Å²) in [6.07, 6.45) is 10.8. The third-order valence-electron chi connectivity index (χ3n) is 6.59. The lowest BCUT2D eigenvalue weighted by molar-refractivity contribution is -0.128. The summed E-state index contributed by atoms with van der Waals surface area (Å²) in [5, 5.41) is 3.02. The maximum atomic E-state index is 13.4. The first kappa shape index (κ1) is 21.6. The van der Waals surface area contributed by atoms with Crippen molar-refractivity contribution in [1.29, 1.82) is 0 Å². The minimum atomic E-state index is -0.587. The molecule has 0 bridgehead atoms. The highest BCUT2D eigenvalue weighted by molar-refractivity contribution is 6.00. The Morgan fingerprint density at radius 1 is 1.23 bits per heavy atom. The maximum absolute atomic E-state index is 13.4. The minimum Gasteiger partial charge on any atom is -0.356 e. The highest BCUT2D eigenvalue weighted by Gasteiger charge is 2.32. The van der Waals surface area contributed by atoms with Crippen LogP contribution in [0.4, 0.5) is 5.69 Å². The summed E-state index contributed by atoms with van der Waals surface area (Å²) >= 11 is 0. The highest BCUT2D eigenvalue weighted by atomic mass is 16.2. The largest absolute Gasteiger partial charge is 0.356 e. The normalized spacial score (nSPS) is 19.8. The van der Waals surface area contributed by atoms with E-state index in [1.807, 2.05) is 23.1 Å². The Balaban J connectivity index is 1.33. The van der Waals surface area contributed by atoms with Crippen LogP contribution >= 0.6 is 0 Å². The molecule has 0 aliphatic carbocycles. The number of anilines is 1. The first-order valence-electron chi connectivity index (χ1n) is 11.5. The Morgan fingerprint density at radius 2 is 2.10 bits per heavy atom. The van der Waals surface area contributed by atoms with Gasteiger partial charge in [-0.3, -0.25) is 9.59 Å². The van der Waals surface area contributed by atoms with Crippen LogP contribution in [0.15, 0.2) is 43.0 Å². The second-order valence-corrected chi connectivity index (χ2v) is 8.68. The van der Waals surface area contributed by atoms with E-state index in [1.165, 1.54) is 24.8 Å². The summed E-state index contributed by atoms with van der Waals surface area (Å²) in [5.74, 6) is -0.147. The molecule has 1 N–H and O–H groups in total. The van der Waals surface area contributed by atoms with Gasteiger partial charge in [-0.2, -0.15) is 0 Å². The molecule has 166 valence electrons. The van der Waals surface area contributed by atoms with Crippen molar-refractivity contribution in [2.75, 3.05) is 31.1 Å². The van der Waals surface area contributed by atoms with Gasteiger partial charge in [-0.1, -0.05) is 24.6 Å². The zero-order valence-corrected chi connectivity index (χ0v) is 18.4. The molecule has 0 saturated carbocycles. The maximum Gasteiger partial charge on any atom is 0.250 e. The SMILES string of the molecule is CC1CCCCN1CCCNC(=O)CC(C(=O)N1CCc2ccccc21)n1ccnc1. The van der Waals surface area contributed by atoms with Gasteiger partial charge >= 0.3 is 0 Å². The van der Waals surface area contributed by atoms with Gasteiger partial charge in [0.15, 0.2) is 0 Å². The van der Waals surface area contributed by atoms with Crippen LogP contribution in [0.25, 0.3) is 0 Å². The molecule has 3 heterocycles. The molecule has 2 amide bonds. The fraction of sp³-hybridized carbons (Fsp3) is 0.542. The molecule has 2 aromatic rings. The predicted molar refractivity (Wildman–Crippen MR) is 121 cm³/mol. The van der Waals surface area contributed by atoms with Crippen LogP contribution < -0.4 is 10.2 Å². The summed E-state index contributed by atoms with van der Waals surface area (Å²) < 4.78 is 1.75. The number of likely N-dealkylation sites (tertiary alicyclic amines) is 1. The molecule has 0 radical (unpaired) electrons. The number of carbonyl (C=O) groups excluding carboxylic acids is 2. The van der Waals surface area contributed by atoms with Crippen LogP contribution in [0.3, 0.4) is 0 Å². The lowest BCUT2D eigenvalue weighted by Crippen LogP contribution is -2.40. The number of fused-ring (bicyclic) bond motifs is 1. The van der Waals surface area contributed by atoms with E-state index in [1.54, 1.807) is 23.3 Å². The Morgan fingerprint density at radius 3 is 2.90 bits per heavy atom. The molecular formula is C24H33N5O2. The molecule has 1 aromatic heterocycles. The highest BCUT2D eigenvalue weighted by Crippen LogP contribution is 2.30. The Labute approximate surface area is 184 Å². The summed E-state index contributed by atoms with van der Waals surface area (Å²) in [6.45, 7) is 5.74. The number of para-hydroxylation sites is 1. The van der Waals surface area contributed by atoms with Gasteiger partial charge in [0.1, 0.15) is 6.04 Å². The molecule has 2 unspecified atom stereocenters. The van der Waals surface area contributed by atoms with E-state index in [-0.39, 0.29) is 18.2 Å². The summed E-state index contributed by atoms with van der Waals surface area (Å²) in [6, 6.07) is 8.04. The van der Waals surface area contributed by atoms with Gasteiger partial charge < -0.3 is 19.7 Å². The lowest BCUT2D eigenvalue weighted by Gasteiger charge is -2.33. The smallest absolute Gasteiger partial charge is 0.250 e. The number of nitrogens with one attached hydrogen (secondary N) is 1. The molecule has 7 heteroatoms. The molecule has 31 heavy (non-hydrogen) atoms. The van der Waals surface area contributed by atoms with Crippen molar-refractivity contribution in [2.24, 2.45) is 0 Å². The van der Waals surface area contributed by atoms with Gasteiger partial charge in [0.25, 0.3) is 5.91 Å². The molecule has 2 atom stereocenters. The number of hydrogen-bond donors (Lipinski definition) is 1. The molecule has 2 aliphatic rings. The molecule has 1 saturated heterocycles. The third-order valence-corrected chi connectivity index (χ3v) is 6.59. The van der Waals surface area contributed by atoms with Crippen molar-refractivity contribution in [3.63, 3.8) is 0 Å². The fourth-order valence-corrected chi connectivity index (χ4v) is 4.77. The Bertz CT molecular complexity index is 882. The number of rotatable bonds is 8. The first-order valence-corrected chi connectivity index (χ1v) is 11.5. The van der Waals surface area contributed by atoms with Crippen molar-refractivity contribution >= 4 is 17.5 Å². The summed E-state index contributed by atoms with van der Waals surface area (Å²) in [7, 11) is 0. The topological polar surface area (TPSA) is 70.5 Å². The van der Waals surface area contributed by atoms with Crippen LogP contribution in [-0.2, 0) is 16.0 Å². The van der Waals surface area contributed by atoms with E-state index in [9.17, 15) is 9.59 Å². The molecule has 1 fully saturated rings. The molecule has 1 aromatic carbocycles. The molecule has 4 rings (SSSR count). The lowest BCUT2D eigenvalue weighted by atomic mass is 10.0. The summed E-state index contributed by atoms with van der Waals surface area (Å²) in [5.41, 5.74) is 2.13. The Kier molecular flexibility index (Phi) is 7.02. The van der Waals surface area contributed by atoms with E-state index in [4.69, 9.17) is 0 Å². The van der Waals surface area contributed by atoms with Gasteiger partial charge in [-0.05, 0) is 50.8 Å². The predicted octanol–water partition coefficient (Wildman–Crippen LogP) is 2.78. The monoisotopic (exact) mass is 423 g/mol. The van der Waals surface area contributed by atoms with Crippen molar-refractivity contribution < 1.29 is 9.59 Å². The molecular weight excluding hydrogens is 390 g/mol. The number of carbonyl (C=O) groups is 2. The van der Waals surface area contributed by atoms with E-state index >= 15 is 0 Å². The number of hydrogen-bond acceptors (Lipinski definition) is 4. The van der Waals surface area contributed by atoms with E-state index in [0.717, 1.165) is 31.6 Å². The minimum absolute atomic E-state index is 0.0553. The van der Waals surface area contributed by atoms with Crippen molar-refractivity contribution in [3.8, 4) is 0 Å². The van der Waals surface area contributed by atoms with Gasteiger partial charge in [-0.15, -0.1) is 0 Å². The molecule has 7 nitrogen and oxygen atoms in total. The van der Waals surface area contributed by atoms with Crippen molar-refractivity contribution in [3.05, 3.63) is 48.5 Å². The average molecular weight is 424 g/mol. The van der Waals surface area contributed by atoms with Crippen LogP contribution in [0.5, 0.6) is 0 Å². The standard InChI is InChI=1S/C24H33N5O2/c1-19-7-4-5-13-27(19)14-6-11-26-23(30)17-22(28-16-12-25-18-28)24(31)29-15-10-20-8-2-3-9-21(20)29/h2-3,8-9,12,16,18-19,22H,4-7,10-11,13-15,17H2,1H3,(H,26,30). The zero-order valence-electron chi connectivity index (χ0n) is 18.4. The van der Waals surface area contributed by atoms with E-state index in [0.29, 0.717) is 19.1 Å². The van der Waals surface area contributed by atoms with Crippen molar-refractivity contribution in [1.82, 2.24) is 19.8 Å². The van der Waals surface area contributed by atoms with Crippen LogP contribution in [-0.4, -0.2) is 58.5 Å². The summed E-state index contributed by atoms with van der Waals surface area (Å²) in [4.78, 5) is 34.5. The zero-order chi connectivity index (χ0) is 21.6. The average Bonchev–Trinajstić information content (AvgIpc) is 3.46. The van der Waals surface area contributed by atoms with Crippen molar-refractivity contribution in [2.45, 2.75) is 57.5 Å². The van der Waals surface area contributed by atoms with Gasteiger partial charge in [0.2, 0.25) is 5.91 Å². The van der Waals surface area contributed by atoms with E-state index in [2.05, 4.69) is 28.2 Å². The number of nitrogens with zero attached hydrogens (tertiary/aromatic N) is 4. The van der Waals surface area contributed by atoms with Crippen LogP contribution in [0, 0.1) is 0 Å². The quantitative estimate of drug-likeness (QED) is 0.663. The number of imidazole rings is 1. The number of amides is 2. The van der Waals surface area contributed by atoms with Crippen LogP contribution in [0.1, 0.15) is 50.6 Å². The fourth-order valence-electron chi connectivity index (χ4n) is 4.77. The third kappa shape index (κ3) is 5.15. The van der Waals surface area contributed by atoms with E-state index < -0.39 is 6.04 Å². The van der Waals surface area contributed by atoms with Gasteiger partial charge in [0, 0.05) is 43.8 Å². The molecule has 2 aliphatic heterocycles. The number of piperidine rings is 1. The first-order chi connectivity index (χ1) is 15.1. The van der Waals surface area contributed by atoms with Gasteiger partial charge in [0.05, 0.1) is 12.7 Å².